The zero-order valence-corrected chi connectivity index (χ0v) is 16.6. The second-order valence-electron chi connectivity index (χ2n) is 6.30. The topological polar surface area (TPSA) is 86.7 Å². The summed E-state index contributed by atoms with van der Waals surface area (Å²) in [5.74, 6) is -0.837. The van der Waals surface area contributed by atoms with E-state index in [1.54, 1.807) is 36.4 Å². The van der Waals surface area contributed by atoms with Crippen LogP contribution in [0.4, 0.5) is 0 Å². The number of halogens is 1. The van der Waals surface area contributed by atoms with Gasteiger partial charge in [-0.15, -0.1) is 0 Å². The van der Waals surface area contributed by atoms with Crippen molar-refractivity contribution in [3.63, 3.8) is 0 Å². The smallest absolute Gasteiger partial charge is 0.261 e. The van der Waals surface area contributed by atoms with Gasteiger partial charge in [0.05, 0.1) is 4.90 Å². The minimum Gasteiger partial charge on any atom is -0.289 e. The van der Waals surface area contributed by atoms with Gasteiger partial charge in [0.15, 0.2) is 0 Å². The molecular weight excluding hydrogens is 400 g/mol. The molecule has 0 aliphatic carbocycles. The number of benzene rings is 3. The van der Waals surface area contributed by atoms with Crippen LogP contribution in [0.3, 0.4) is 0 Å². The SMILES string of the molecule is CC(C(=O)NO)N(Cc1ccccc1Cl)S(=O)(=O)c1ccc2ccccc2c1. The molecule has 0 saturated heterocycles. The van der Waals surface area contributed by atoms with Crippen molar-refractivity contribution in [2.75, 3.05) is 0 Å². The summed E-state index contributed by atoms with van der Waals surface area (Å²) in [7, 11) is -4.06. The van der Waals surface area contributed by atoms with E-state index in [4.69, 9.17) is 16.8 Å². The Bertz CT molecular complexity index is 1120. The van der Waals surface area contributed by atoms with Gasteiger partial charge >= 0.3 is 0 Å². The van der Waals surface area contributed by atoms with Crippen molar-refractivity contribution >= 4 is 38.3 Å². The maximum absolute atomic E-state index is 13.4. The number of nitrogens with one attached hydrogen (secondary N) is 1. The van der Waals surface area contributed by atoms with Gasteiger partial charge in [0.1, 0.15) is 6.04 Å². The van der Waals surface area contributed by atoms with Gasteiger partial charge in [0.25, 0.3) is 5.91 Å². The van der Waals surface area contributed by atoms with E-state index < -0.39 is 22.0 Å². The average Bonchev–Trinajstić information content (AvgIpc) is 2.71. The molecule has 3 aromatic rings. The molecule has 146 valence electrons. The number of nitrogens with zero attached hydrogens (tertiary/aromatic N) is 1. The lowest BCUT2D eigenvalue weighted by molar-refractivity contribution is -0.132. The Kier molecular flexibility index (Phi) is 6.00. The third-order valence-electron chi connectivity index (χ3n) is 4.53. The first-order chi connectivity index (χ1) is 13.3. The highest BCUT2D eigenvalue weighted by molar-refractivity contribution is 7.89. The molecule has 0 radical (unpaired) electrons. The summed E-state index contributed by atoms with van der Waals surface area (Å²) in [4.78, 5) is 12.1. The van der Waals surface area contributed by atoms with Gasteiger partial charge in [-0.2, -0.15) is 4.31 Å². The van der Waals surface area contributed by atoms with Gasteiger partial charge in [-0.25, -0.2) is 13.9 Å². The van der Waals surface area contributed by atoms with E-state index in [0.29, 0.717) is 10.6 Å². The fourth-order valence-corrected chi connectivity index (χ4v) is 4.72. The first-order valence-corrected chi connectivity index (χ1v) is 10.3. The fourth-order valence-electron chi connectivity index (χ4n) is 2.91. The highest BCUT2D eigenvalue weighted by atomic mass is 35.5. The van der Waals surface area contributed by atoms with Crippen molar-refractivity contribution in [2.24, 2.45) is 0 Å². The van der Waals surface area contributed by atoms with Gasteiger partial charge < -0.3 is 0 Å². The van der Waals surface area contributed by atoms with E-state index in [9.17, 15) is 13.2 Å². The van der Waals surface area contributed by atoms with Gasteiger partial charge in [0.2, 0.25) is 10.0 Å². The summed E-state index contributed by atoms with van der Waals surface area (Å²) in [5.41, 5.74) is 2.07. The molecule has 0 fully saturated rings. The van der Waals surface area contributed by atoms with Crippen molar-refractivity contribution in [1.29, 1.82) is 0 Å². The summed E-state index contributed by atoms with van der Waals surface area (Å²) < 4.78 is 27.8. The number of hydroxylamine groups is 1. The first kappa shape index (κ1) is 20.3. The summed E-state index contributed by atoms with van der Waals surface area (Å²) in [6, 6.07) is 17.8. The third kappa shape index (κ3) is 4.02. The van der Waals surface area contributed by atoms with Crippen LogP contribution in [-0.2, 0) is 21.4 Å². The molecule has 1 atom stereocenters. The van der Waals surface area contributed by atoms with Crippen LogP contribution in [0.5, 0.6) is 0 Å². The van der Waals surface area contributed by atoms with Crippen molar-refractivity contribution in [3.8, 4) is 0 Å². The highest BCUT2D eigenvalue weighted by Gasteiger charge is 2.33. The van der Waals surface area contributed by atoms with Crippen LogP contribution in [-0.4, -0.2) is 29.9 Å². The molecule has 0 aliphatic heterocycles. The largest absolute Gasteiger partial charge is 0.289 e. The van der Waals surface area contributed by atoms with Gasteiger partial charge in [-0.05, 0) is 41.5 Å². The lowest BCUT2D eigenvalue weighted by atomic mass is 10.1. The van der Waals surface area contributed by atoms with E-state index in [0.717, 1.165) is 15.1 Å². The zero-order chi connectivity index (χ0) is 20.3. The lowest BCUT2D eigenvalue weighted by Crippen LogP contribution is -2.46. The molecule has 0 aromatic heterocycles. The van der Waals surface area contributed by atoms with Crippen LogP contribution >= 0.6 is 11.6 Å². The molecule has 3 rings (SSSR count). The molecule has 1 unspecified atom stereocenters. The van der Waals surface area contributed by atoms with E-state index in [1.165, 1.54) is 18.5 Å². The number of carbonyl (C=O) groups is 1. The van der Waals surface area contributed by atoms with E-state index in [-0.39, 0.29) is 11.4 Å². The second kappa shape index (κ2) is 8.28. The molecule has 8 heteroatoms. The molecule has 0 heterocycles. The van der Waals surface area contributed by atoms with Crippen LogP contribution in [0.25, 0.3) is 10.8 Å². The van der Waals surface area contributed by atoms with Crippen LogP contribution in [0.2, 0.25) is 5.02 Å². The standard InChI is InChI=1S/C20H19ClN2O4S/c1-14(20(24)22-25)23(13-17-8-4-5-9-19(17)21)28(26,27)18-11-10-15-6-2-3-7-16(15)12-18/h2-12,14,25H,13H2,1H3,(H,22,24). The molecule has 0 bridgehead atoms. The Morgan fingerprint density at radius 3 is 2.39 bits per heavy atom. The molecule has 28 heavy (non-hydrogen) atoms. The van der Waals surface area contributed by atoms with Gasteiger partial charge in [0, 0.05) is 11.6 Å². The maximum Gasteiger partial charge on any atom is 0.261 e. The van der Waals surface area contributed by atoms with Crippen molar-refractivity contribution in [1.82, 2.24) is 9.79 Å². The Balaban J connectivity index is 2.08. The Morgan fingerprint density at radius 1 is 1.07 bits per heavy atom. The molecule has 6 nitrogen and oxygen atoms in total. The van der Waals surface area contributed by atoms with Crippen molar-refractivity contribution in [3.05, 3.63) is 77.3 Å². The predicted octanol–water partition coefficient (Wildman–Crippen LogP) is 3.58. The molecule has 1 amide bonds. The number of fused-ring (bicyclic) bond motifs is 1. The molecule has 3 aromatic carbocycles. The van der Waals surface area contributed by atoms with Gasteiger partial charge in [-0.1, -0.05) is 60.1 Å². The van der Waals surface area contributed by atoms with Crippen molar-refractivity contribution in [2.45, 2.75) is 24.4 Å². The van der Waals surface area contributed by atoms with E-state index in [2.05, 4.69) is 0 Å². The number of amides is 1. The molecule has 0 saturated carbocycles. The minimum atomic E-state index is -4.06. The van der Waals surface area contributed by atoms with Crippen LogP contribution in [0, 0.1) is 0 Å². The Labute approximate surface area is 168 Å². The zero-order valence-electron chi connectivity index (χ0n) is 15.0. The fraction of sp³-hybridized carbons (Fsp3) is 0.150. The Morgan fingerprint density at radius 2 is 1.71 bits per heavy atom. The normalized spacial score (nSPS) is 12.9. The monoisotopic (exact) mass is 418 g/mol. The lowest BCUT2D eigenvalue weighted by Gasteiger charge is -2.27. The number of rotatable bonds is 6. The highest BCUT2D eigenvalue weighted by Crippen LogP contribution is 2.26. The molecular formula is C20H19ClN2O4S. The van der Waals surface area contributed by atoms with E-state index in [1.807, 2.05) is 24.3 Å². The second-order valence-corrected chi connectivity index (χ2v) is 8.60. The Hall–Kier alpha value is -2.45. The number of sulfonamides is 1. The molecule has 0 spiro atoms. The number of hydrogen-bond donors (Lipinski definition) is 2. The number of hydrogen-bond acceptors (Lipinski definition) is 4. The van der Waals surface area contributed by atoms with Crippen LogP contribution in [0.1, 0.15) is 12.5 Å². The summed E-state index contributed by atoms with van der Waals surface area (Å²) in [6.07, 6.45) is 0. The minimum absolute atomic E-state index is 0.0517. The first-order valence-electron chi connectivity index (χ1n) is 8.52. The van der Waals surface area contributed by atoms with Crippen LogP contribution < -0.4 is 5.48 Å². The molecule has 0 aliphatic rings. The van der Waals surface area contributed by atoms with Gasteiger partial charge in [-0.3, -0.25) is 10.0 Å². The predicted molar refractivity (Wildman–Crippen MR) is 108 cm³/mol. The van der Waals surface area contributed by atoms with Crippen LogP contribution in [0.15, 0.2) is 71.6 Å². The van der Waals surface area contributed by atoms with E-state index >= 15 is 0 Å². The average molecular weight is 419 g/mol. The quantitative estimate of drug-likeness (QED) is 0.473. The maximum atomic E-state index is 13.4. The summed E-state index contributed by atoms with van der Waals surface area (Å²) >= 11 is 6.19. The number of carbonyl (C=O) groups excluding carboxylic acids is 1. The molecule has 2 N–H and O–H groups in total. The summed E-state index contributed by atoms with van der Waals surface area (Å²) in [6.45, 7) is 1.28. The summed E-state index contributed by atoms with van der Waals surface area (Å²) in [5, 5.41) is 11.1. The third-order valence-corrected chi connectivity index (χ3v) is 6.81. The van der Waals surface area contributed by atoms with Crippen molar-refractivity contribution < 1.29 is 18.4 Å².